The summed E-state index contributed by atoms with van der Waals surface area (Å²) in [5.74, 6) is -0.334. The van der Waals surface area contributed by atoms with E-state index < -0.39 is 19.5 Å². The topological polar surface area (TPSA) is 27.7 Å². The fourth-order valence-corrected chi connectivity index (χ4v) is 1.74. The van der Waals surface area contributed by atoms with Crippen molar-refractivity contribution in [2.24, 2.45) is 0 Å². The molecule has 0 unspecified atom stereocenters. The van der Waals surface area contributed by atoms with Crippen LogP contribution in [0.3, 0.4) is 0 Å². The Balaban J connectivity index is 0.000000351. The minimum atomic E-state index is -11.2. The monoisotopic (exact) mass is 482 g/mol. The Morgan fingerprint density at radius 3 is 2.17 bits per heavy atom. The molecule has 11 heteroatoms. The quantitative estimate of drug-likeness (QED) is 0.342. The van der Waals surface area contributed by atoms with Gasteiger partial charge >= 0.3 is 36.4 Å². The Bertz CT molecular complexity index is 774. The first-order chi connectivity index (χ1) is 10.7. The Kier molecular flexibility index (Phi) is 5.48. The predicted octanol–water partition coefficient (Wildman–Crippen LogP) is 4.83. The van der Waals surface area contributed by atoms with E-state index in [1.807, 2.05) is 6.07 Å². The fourth-order valence-electron chi connectivity index (χ4n) is 1.56. The number of hydrogen-bond donors (Lipinski definition) is 0. The van der Waals surface area contributed by atoms with Crippen LogP contribution in [0.25, 0.3) is 0 Å². The summed E-state index contributed by atoms with van der Waals surface area (Å²) < 4.78 is 74.4. The van der Waals surface area contributed by atoms with Crippen molar-refractivity contribution in [1.29, 1.82) is 5.26 Å². The Hall–Kier alpha value is -1.52. The van der Waals surface area contributed by atoms with Crippen molar-refractivity contribution in [3.05, 3.63) is 64.7 Å². The van der Waals surface area contributed by atoms with Crippen LogP contribution in [0.2, 0.25) is 5.02 Å². The summed E-state index contributed by atoms with van der Waals surface area (Å²) in [6, 6.07) is 11.6. The van der Waals surface area contributed by atoms with Gasteiger partial charge < -0.3 is 0 Å². The van der Waals surface area contributed by atoms with Gasteiger partial charge in [-0.2, -0.15) is 9.83 Å². The summed E-state index contributed by atoms with van der Waals surface area (Å²) in [5.41, 5.74) is 1.16. The van der Waals surface area contributed by atoms with Crippen LogP contribution < -0.4 is 4.57 Å². The molecular weight excluding hydrogens is 474 g/mol. The van der Waals surface area contributed by atoms with E-state index in [1.165, 1.54) is 18.2 Å². The molecule has 0 saturated heterocycles. The van der Waals surface area contributed by atoms with Crippen molar-refractivity contribution >= 4 is 31.1 Å². The molecular formula is C13H9ClF7N2Sb. The number of nitrogens with zero attached hydrogens (tertiary/aromatic N) is 2. The summed E-state index contributed by atoms with van der Waals surface area (Å²) in [7, 11) is 0. The number of aromatic nitrogens is 1. The van der Waals surface area contributed by atoms with Crippen molar-refractivity contribution in [3.63, 3.8) is 0 Å². The molecule has 0 atom stereocenters. The van der Waals surface area contributed by atoms with E-state index in [0.717, 1.165) is 0 Å². The number of rotatable bonds is 2. The molecule has 2 aromatic rings. The standard InChI is InChI=1S/C13H9ClFN2.6FH.Sb/c14-13-5-4-11(15)7-10(13)9-17-6-2-1-3-12(17)8-16;;;;;;;/h1-7H,9H2;6*1H;/q+1;;;;;;;+5/p-6. The third-order valence-corrected chi connectivity index (χ3v) is 2.77. The van der Waals surface area contributed by atoms with Gasteiger partial charge in [-0.3, -0.25) is 0 Å². The maximum absolute atomic E-state index is 13.1. The van der Waals surface area contributed by atoms with Crippen LogP contribution in [0.15, 0.2) is 42.6 Å². The van der Waals surface area contributed by atoms with Gasteiger partial charge in [-0.25, -0.2) is 4.39 Å². The van der Waals surface area contributed by atoms with Crippen LogP contribution >= 0.6 is 11.6 Å². The molecule has 2 nitrogen and oxygen atoms in total. The Morgan fingerprint density at radius 1 is 1.04 bits per heavy atom. The second kappa shape index (κ2) is 6.41. The summed E-state index contributed by atoms with van der Waals surface area (Å²) in [6.07, 6.45) is 1.76. The molecule has 2 rings (SSSR count). The van der Waals surface area contributed by atoms with Crippen molar-refractivity contribution in [2.75, 3.05) is 0 Å². The number of hydrogen-bond acceptors (Lipinski definition) is 1. The summed E-state index contributed by atoms with van der Waals surface area (Å²) >= 11 is -5.27. The van der Waals surface area contributed by atoms with Crippen LogP contribution in [0.4, 0.5) is 21.3 Å². The molecule has 24 heavy (non-hydrogen) atoms. The number of halogens is 8. The third kappa shape index (κ3) is 9.58. The Labute approximate surface area is 139 Å². The normalized spacial score (nSPS) is 13.8. The molecule has 0 aliphatic rings. The summed E-state index contributed by atoms with van der Waals surface area (Å²) in [5, 5.41) is 9.43. The molecule has 1 heterocycles. The SMILES string of the molecule is N#Cc1cccc[n+]1Cc1cc(F)ccc1Cl.[F][Sb-]([F])([F])([F])([F])[F]. The third-order valence-electron chi connectivity index (χ3n) is 2.40. The fraction of sp³-hybridized carbons (Fsp3) is 0.0769. The average Bonchev–Trinajstić information content (AvgIpc) is 2.40. The van der Waals surface area contributed by atoms with E-state index in [0.29, 0.717) is 22.8 Å². The average molecular weight is 483 g/mol. The summed E-state index contributed by atoms with van der Waals surface area (Å²) in [4.78, 5) is 0. The van der Waals surface area contributed by atoms with E-state index in [-0.39, 0.29) is 5.82 Å². The molecule has 0 aliphatic heterocycles. The number of benzene rings is 1. The minimum absolute atomic E-state index is 0.334. The van der Waals surface area contributed by atoms with Gasteiger partial charge in [-0.1, -0.05) is 11.6 Å². The molecule has 1 aromatic heterocycles. The van der Waals surface area contributed by atoms with E-state index in [2.05, 4.69) is 6.07 Å². The van der Waals surface area contributed by atoms with Crippen molar-refractivity contribution in [1.82, 2.24) is 0 Å². The molecule has 0 amide bonds. The van der Waals surface area contributed by atoms with Crippen molar-refractivity contribution in [3.8, 4) is 6.07 Å². The van der Waals surface area contributed by atoms with Crippen LogP contribution in [0.5, 0.6) is 0 Å². The van der Waals surface area contributed by atoms with Gasteiger partial charge in [0.15, 0.2) is 18.8 Å². The molecule has 0 radical (unpaired) electrons. The van der Waals surface area contributed by atoms with Crippen molar-refractivity contribution in [2.45, 2.75) is 6.54 Å². The zero-order valence-corrected chi connectivity index (χ0v) is 14.9. The zero-order chi connectivity index (χ0) is 18.7. The molecule has 132 valence electrons. The van der Waals surface area contributed by atoms with Gasteiger partial charge in [-0.05, 0) is 24.3 Å². The first-order valence-corrected chi connectivity index (χ1v) is 12.2. The van der Waals surface area contributed by atoms with Crippen LogP contribution in [-0.4, -0.2) is 19.5 Å². The Morgan fingerprint density at radius 2 is 1.62 bits per heavy atom. The van der Waals surface area contributed by atoms with E-state index >= 15 is 0 Å². The zero-order valence-electron chi connectivity index (χ0n) is 11.6. The maximum atomic E-state index is 13.1. The number of nitriles is 1. The molecule has 0 aliphatic carbocycles. The number of pyridine rings is 1. The second-order valence-electron chi connectivity index (χ2n) is 4.52. The van der Waals surface area contributed by atoms with Gasteiger partial charge in [-0.15, -0.1) is 0 Å². The van der Waals surface area contributed by atoms with Crippen LogP contribution in [0, 0.1) is 17.1 Å². The molecule has 0 fully saturated rings. The first-order valence-electron chi connectivity index (χ1n) is 6.04. The molecule has 0 saturated carbocycles. The molecule has 1 aromatic carbocycles. The van der Waals surface area contributed by atoms with Gasteiger partial charge in [0.2, 0.25) is 0 Å². The van der Waals surface area contributed by atoms with E-state index in [9.17, 15) is 21.3 Å². The van der Waals surface area contributed by atoms with Gasteiger partial charge in [0.1, 0.15) is 5.82 Å². The molecule has 0 spiro atoms. The predicted molar refractivity (Wildman–Crippen MR) is 74.3 cm³/mol. The van der Waals surface area contributed by atoms with Gasteiger partial charge in [0.05, 0.1) is 5.02 Å². The second-order valence-corrected chi connectivity index (χ2v) is 10.4. The van der Waals surface area contributed by atoms with E-state index in [4.69, 9.17) is 16.9 Å². The molecule has 0 N–H and O–H groups in total. The first kappa shape index (κ1) is 20.5. The van der Waals surface area contributed by atoms with Crippen LogP contribution in [-0.2, 0) is 6.54 Å². The van der Waals surface area contributed by atoms with Crippen molar-refractivity contribution < 1.29 is 25.8 Å². The molecule has 0 bridgehead atoms. The van der Waals surface area contributed by atoms with Gasteiger partial charge in [0, 0.05) is 17.7 Å². The van der Waals surface area contributed by atoms with Gasteiger partial charge in [0.25, 0.3) is 5.69 Å². The van der Waals surface area contributed by atoms with E-state index in [1.54, 1.807) is 22.9 Å². The summed E-state index contributed by atoms with van der Waals surface area (Å²) in [6.45, 7) is 0.375. The van der Waals surface area contributed by atoms with Crippen LogP contribution in [0.1, 0.15) is 11.3 Å².